The van der Waals surface area contributed by atoms with Gasteiger partial charge in [0.15, 0.2) is 5.65 Å². The number of carbonyl (C=O) groups excluding carboxylic acids is 1. The molecule has 5 rings (SSSR count). The van der Waals surface area contributed by atoms with Crippen LogP contribution in [0.1, 0.15) is 49.5 Å². The Labute approximate surface area is 188 Å². The number of aromatic nitrogens is 4. The molecular formula is C22H26F2N6O3. The summed E-state index contributed by atoms with van der Waals surface area (Å²) in [5, 5.41) is 30.4. The lowest BCUT2D eigenvalue weighted by atomic mass is 9.74. The number of aromatic amines is 1. The minimum atomic E-state index is -1.15. The van der Waals surface area contributed by atoms with Gasteiger partial charge >= 0.3 is 0 Å². The lowest BCUT2D eigenvalue weighted by Crippen LogP contribution is -2.46. The van der Waals surface area contributed by atoms with E-state index in [-0.39, 0.29) is 17.8 Å². The van der Waals surface area contributed by atoms with Gasteiger partial charge < -0.3 is 20.4 Å². The summed E-state index contributed by atoms with van der Waals surface area (Å²) in [6.07, 6.45) is 3.87. The predicted octanol–water partition coefficient (Wildman–Crippen LogP) is 2.37. The number of carbonyl (C=O) groups is 1. The van der Waals surface area contributed by atoms with E-state index >= 15 is 0 Å². The van der Waals surface area contributed by atoms with Crippen molar-refractivity contribution in [2.45, 2.75) is 63.3 Å². The van der Waals surface area contributed by atoms with E-state index in [2.05, 4.69) is 25.5 Å². The first-order valence-electron chi connectivity index (χ1n) is 11.1. The van der Waals surface area contributed by atoms with E-state index in [1.54, 1.807) is 11.8 Å². The first kappa shape index (κ1) is 21.9. The van der Waals surface area contributed by atoms with Crippen molar-refractivity contribution < 1.29 is 23.8 Å². The highest BCUT2D eigenvalue weighted by molar-refractivity contribution is 6.07. The number of halogens is 2. The zero-order chi connectivity index (χ0) is 23.3. The highest BCUT2D eigenvalue weighted by Crippen LogP contribution is 2.47. The van der Waals surface area contributed by atoms with Crippen molar-refractivity contribution in [2.24, 2.45) is 5.41 Å². The van der Waals surface area contributed by atoms with Gasteiger partial charge in [-0.1, -0.05) is 6.92 Å². The highest BCUT2D eigenvalue weighted by Gasteiger charge is 2.48. The van der Waals surface area contributed by atoms with Crippen molar-refractivity contribution in [3.63, 3.8) is 0 Å². The minimum Gasteiger partial charge on any atom is -0.390 e. The number of nitrogens with one attached hydrogen (secondary N) is 2. The van der Waals surface area contributed by atoms with Gasteiger partial charge in [0.05, 0.1) is 23.6 Å². The molecule has 0 aromatic carbocycles. The zero-order valence-corrected chi connectivity index (χ0v) is 18.1. The molecule has 176 valence electrons. The summed E-state index contributed by atoms with van der Waals surface area (Å²) in [7, 11) is 0. The number of aliphatic hydroxyl groups is 2. The second-order valence-corrected chi connectivity index (χ2v) is 9.28. The molecule has 3 aliphatic rings. The Morgan fingerprint density at radius 2 is 2.06 bits per heavy atom. The number of amides is 1. The second-order valence-electron chi connectivity index (χ2n) is 9.28. The molecule has 9 nitrogen and oxygen atoms in total. The molecule has 4 N–H and O–H groups in total. The Bertz CT molecular complexity index is 1150. The summed E-state index contributed by atoms with van der Waals surface area (Å²) >= 11 is 0. The van der Waals surface area contributed by atoms with Crippen molar-refractivity contribution in [2.75, 3.05) is 11.9 Å². The first-order valence-corrected chi connectivity index (χ1v) is 11.1. The summed E-state index contributed by atoms with van der Waals surface area (Å²) in [4.78, 5) is 23.6. The maximum Gasteiger partial charge on any atom is 0.272 e. The lowest BCUT2D eigenvalue weighted by Gasteiger charge is -2.40. The van der Waals surface area contributed by atoms with Crippen LogP contribution in [0.15, 0.2) is 30.1 Å². The standard InChI is InChI=1S/C22H26F2N6O3/c1-22(9-11(23)4-7-14(22)24)15-3-2-8-30(15)21(33)17-16-19(25-10-26-20(16)29-28-17)27-12-5-6-13(31)18(12)32/h4,7,10,12-13,15,18,31-32H,2-3,5-6,8-9H2,1H3,(H2,25,26,27,28,29)/t12-,13-,15-,18+,22?/m1/s1. The molecule has 1 saturated heterocycles. The normalized spacial score (nSPS) is 32.2. The lowest BCUT2D eigenvalue weighted by molar-refractivity contribution is 0.0392. The third kappa shape index (κ3) is 3.59. The van der Waals surface area contributed by atoms with Gasteiger partial charge in [0.1, 0.15) is 29.5 Å². The molecule has 5 atom stereocenters. The Balaban J connectivity index is 1.47. The molecule has 1 unspecified atom stereocenters. The van der Waals surface area contributed by atoms with Crippen LogP contribution in [0.4, 0.5) is 14.6 Å². The monoisotopic (exact) mass is 460 g/mol. The molecule has 1 saturated carbocycles. The summed E-state index contributed by atoms with van der Waals surface area (Å²) in [6, 6.07) is -0.961. The van der Waals surface area contributed by atoms with Gasteiger partial charge in [-0.05, 0) is 37.8 Å². The highest BCUT2D eigenvalue weighted by atomic mass is 19.1. The number of H-pyrrole nitrogens is 1. The largest absolute Gasteiger partial charge is 0.390 e. The molecule has 3 heterocycles. The number of fused-ring (bicyclic) bond motifs is 1. The molecule has 1 aliphatic heterocycles. The molecule has 2 aromatic heterocycles. The van der Waals surface area contributed by atoms with E-state index in [9.17, 15) is 23.8 Å². The van der Waals surface area contributed by atoms with Crippen molar-refractivity contribution in [3.8, 4) is 0 Å². The predicted molar refractivity (Wildman–Crippen MR) is 116 cm³/mol. The average molecular weight is 460 g/mol. The van der Waals surface area contributed by atoms with Gasteiger partial charge in [0.2, 0.25) is 0 Å². The van der Waals surface area contributed by atoms with Crippen LogP contribution in [0.5, 0.6) is 0 Å². The summed E-state index contributed by atoms with van der Waals surface area (Å²) < 4.78 is 29.0. The third-order valence-electron chi connectivity index (χ3n) is 7.21. The molecule has 2 aromatic rings. The molecule has 11 heteroatoms. The van der Waals surface area contributed by atoms with E-state index < -0.39 is 47.3 Å². The number of nitrogens with zero attached hydrogens (tertiary/aromatic N) is 4. The van der Waals surface area contributed by atoms with Crippen LogP contribution in [0.25, 0.3) is 11.0 Å². The van der Waals surface area contributed by atoms with E-state index in [1.807, 2.05) is 0 Å². The van der Waals surface area contributed by atoms with Crippen LogP contribution in [-0.2, 0) is 0 Å². The van der Waals surface area contributed by atoms with Crippen molar-refractivity contribution in [3.05, 3.63) is 35.8 Å². The van der Waals surface area contributed by atoms with Gasteiger partial charge in [-0.2, -0.15) is 5.10 Å². The van der Waals surface area contributed by atoms with Gasteiger partial charge in [-0.25, -0.2) is 18.7 Å². The van der Waals surface area contributed by atoms with E-state index in [1.165, 1.54) is 6.33 Å². The second kappa shape index (κ2) is 8.14. The number of rotatable bonds is 4. The molecular weight excluding hydrogens is 434 g/mol. The number of aliphatic hydroxyl groups excluding tert-OH is 2. The van der Waals surface area contributed by atoms with Crippen LogP contribution >= 0.6 is 0 Å². The Hall–Kier alpha value is -2.92. The fourth-order valence-corrected chi connectivity index (χ4v) is 5.35. The summed E-state index contributed by atoms with van der Waals surface area (Å²) in [5.41, 5.74) is -0.737. The molecule has 0 radical (unpaired) electrons. The van der Waals surface area contributed by atoms with Crippen molar-refractivity contribution >= 4 is 22.8 Å². The number of hydrogen-bond acceptors (Lipinski definition) is 7. The fraction of sp³-hybridized carbons (Fsp3) is 0.545. The molecule has 0 bridgehead atoms. The Morgan fingerprint density at radius 1 is 1.24 bits per heavy atom. The van der Waals surface area contributed by atoms with Crippen molar-refractivity contribution in [1.29, 1.82) is 0 Å². The van der Waals surface area contributed by atoms with Crippen LogP contribution < -0.4 is 5.32 Å². The van der Waals surface area contributed by atoms with Crippen LogP contribution in [0.2, 0.25) is 0 Å². The first-order chi connectivity index (χ1) is 15.8. The van der Waals surface area contributed by atoms with Crippen LogP contribution in [0.3, 0.4) is 0 Å². The van der Waals surface area contributed by atoms with E-state index in [4.69, 9.17) is 0 Å². The number of anilines is 1. The number of hydrogen-bond donors (Lipinski definition) is 4. The zero-order valence-electron chi connectivity index (χ0n) is 18.1. The maximum absolute atomic E-state index is 14.9. The third-order valence-corrected chi connectivity index (χ3v) is 7.21. The molecule has 33 heavy (non-hydrogen) atoms. The average Bonchev–Trinajstić information content (AvgIpc) is 3.52. The molecule has 2 aliphatic carbocycles. The topological polar surface area (TPSA) is 127 Å². The number of likely N-dealkylation sites (tertiary alicyclic amines) is 1. The Morgan fingerprint density at radius 3 is 2.82 bits per heavy atom. The Kier molecular flexibility index (Phi) is 5.40. The quantitative estimate of drug-likeness (QED) is 0.552. The fourth-order valence-electron chi connectivity index (χ4n) is 5.35. The molecule has 2 fully saturated rings. The van der Waals surface area contributed by atoms with Crippen LogP contribution in [0, 0.1) is 5.41 Å². The van der Waals surface area contributed by atoms with Gasteiger partial charge in [-0.3, -0.25) is 9.89 Å². The smallest absolute Gasteiger partial charge is 0.272 e. The van der Waals surface area contributed by atoms with E-state index in [0.29, 0.717) is 43.4 Å². The van der Waals surface area contributed by atoms with Gasteiger partial charge in [0.25, 0.3) is 5.91 Å². The van der Waals surface area contributed by atoms with Gasteiger partial charge in [-0.15, -0.1) is 0 Å². The van der Waals surface area contributed by atoms with E-state index in [0.717, 1.165) is 12.2 Å². The maximum atomic E-state index is 14.9. The summed E-state index contributed by atoms with van der Waals surface area (Å²) in [6.45, 7) is 2.05. The summed E-state index contributed by atoms with van der Waals surface area (Å²) in [5.74, 6) is -0.936. The van der Waals surface area contributed by atoms with Gasteiger partial charge in [0, 0.05) is 24.4 Å². The van der Waals surface area contributed by atoms with Crippen LogP contribution in [-0.4, -0.2) is 72.0 Å². The SMILES string of the molecule is CC1([C@H]2CCCN2C(=O)c2[nH]nc3ncnc(N[C@@H]4CC[C@@H](O)[C@H]4O)c23)CC(F)=CC=C1F. The molecule has 1 amide bonds. The van der Waals surface area contributed by atoms with Crippen molar-refractivity contribution in [1.82, 2.24) is 25.1 Å². The minimum absolute atomic E-state index is 0.106. The molecule has 0 spiro atoms. The number of allylic oxidation sites excluding steroid dienone is 3.